The molecule has 0 spiro atoms. The number of hydrogen-bond donors (Lipinski definition) is 1. The molecule has 1 aromatic rings. The predicted molar refractivity (Wildman–Crippen MR) is 163 cm³/mol. The average molecular weight is 531 g/mol. The monoisotopic (exact) mass is 530 g/mol. The number of esters is 1. The van der Waals surface area contributed by atoms with E-state index >= 15 is 0 Å². The normalized spacial score (nSPS) is 12.1. The van der Waals surface area contributed by atoms with E-state index in [0.717, 1.165) is 22.2 Å². The summed E-state index contributed by atoms with van der Waals surface area (Å²) in [6.45, 7) is 13.6. The van der Waals surface area contributed by atoms with Gasteiger partial charge in [0.25, 0.3) is 0 Å². The van der Waals surface area contributed by atoms with Crippen molar-refractivity contribution in [2.24, 2.45) is 0 Å². The minimum absolute atomic E-state index is 0.111. The minimum atomic E-state index is -0.440. The highest BCUT2D eigenvalue weighted by Crippen LogP contribution is 2.40. The van der Waals surface area contributed by atoms with Gasteiger partial charge in [0.15, 0.2) is 0 Å². The Hall–Kier alpha value is -1.65. The third-order valence-corrected chi connectivity index (χ3v) is 8.65. The van der Waals surface area contributed by atoms with E-state index < -0.39 is 5.97 Å². The molecule has 1 rings (SSSR count). The molecule has 4 nitrogen and oxygen atoms in total. The molecule has 0 aliphatic heterocycles. The Morgan fingerprint density at radius 1 is 0.895 bits per heavy atom. The van der Waals surface area contributed by atoms with Gasteiger partial charge in [0.2, 0.25) is 0 Å². The van der Waals surface area contributed by atoms with Crippen molar-refractivity contribution in [2.45, 2.75) is 136 Å². The van der Waals surface area contributed by atoms with Crippen molar-refractivity contribution < 1.29 is 19.1 Å². The fourth-order valence-electron chi connectivity index (χ4n) is 5.41. The summed E-state index contributed by atoms with van der Waals surface area (Å²) in [5.74, 6) is 0.190. The fourth-order valence-corrected chi connectivity index (χ4v) is 5.41. The van der Waals surface area contributed by atoms with Crippen LogP contribution in [0.4, 0.5) is 0 Å². The zero-order chi connectivity index (χ0) is 28.4. The second-order valence-electron chi connectivity index (χ2n) is 12.3. The van der Waals surface area contributed by atoms with Crippen LogP contribution in [0, 0.1) is 6.92 Å². The molecule has 0 saturated heterocycles. The lowest BCUT2D eigenvalue weighted by atomic mass is 9.83. The highest BCUT2D eigenvalue weighted by atomic mass is 16.5. The number of carbonyl (C=O) groups excluding carboxylic acids is 1. The van der Waals surface area contributed by atoms with Crippen LogP contribution >= 0.6 is 0 Å². The Bertz CT molecular complexity index is 812. The van der Waals surface area contributed by atoms with Gasteiger partial charge in [0, 0.05) is 23.8 Å². The van der Waals surface area contributed by atoms with Gasteiger partial charge in [-0.15, -0.1) is 0 Å². The number of benzene rings is 1. The van der Waals surface area contributed by atoms with Crippen molar-refractivity contribution in [2.75, 3.05) is 27.2 Å². The topological polar surface area (TPSA) is 46.5 Å². The summed E-state index contributed by atoms with van der Waals surface area (Å²) in [6, 6.07) is 4.25. The van der Waals surface area contributed by atoms with Crippen LogP contribution in [0.3, 0.4) is 0 Å². The fraction of sp³-hybridized carbons (Fsp3) is 0.735. The highest BCUT2D eigenvalue weighted by molar-refractivity contribution is 5.84. The molecule has 4 heteroatoms. The number of unbranched alkanes of at least 4 members (excludes halogenated alkanes) is 13. The highest BCUT2D eigenvalue weighted by Gasteiger charge is 2.40. The maximum Gasteiger partial charge on any atom is 0.335 e. The van der Waals surface area contributed by atoms with Crippen LogP contribution in [0.5, 0.6) is 5.75 Å². The third-order valence-electron chi connectivity index (χ3n) is 8.65. The second kappa shape index (κ2) is 18.6. The van der Waals surface area contributed by atoms with Gasteiger partial charge in [-0.25, -0.2) is 4.79 Å². The number of rotatable bonds is 22. The molecule has 0 aliphatic rings. The van der Waals surface area contributed by atoms with Gasteiger partial charge < -0.3 is 14.3 Å². The maximum absolute atomic E-state index is 12.1. The first-order valence-electron chi connectivity index (χ1n) is 15.5. The molecule has 1 aromatic carbocycles. The van der Waals surface area contributed by atoms with E-state index in [1.807, 2.05) is 6.92 Å². The number of aliphatic hydroxyl groups excluding tert-OH is 1. The molecule has 0 unspecified atom stereocenters. The first-order valence-corrected chi connectivity index (χ1v) is 15.5. The van der Waals surface area contributed by atoms with Gasteiger partial charge in [-0.3, -0.25) is 0 Å². The number of hydrogen-bond acceptors (Lipinski definition) is 3. The number of quaternary nitrogens is 1. The van der Waals surface area contributed by atoms with Gasteiger partial charge >= 0.3 is 5.97 Å². The molecule has 1 N–H and O–H groups in total. The Labute approximate surface area is 235 Å². The Balaban J connectivity index is 2.59. The first kappa shape index (κ1) is 34.4. The van der Waals surface area contributed by atoms with E-state index in [9.17, 15) is 9.90 Å². The van der Waals surface area contributed by atoms with Crippen molar-refractivity contribution in [1.29, 1.82) is 0 Å². The molecule has 0 aromatic heterocycles. The van der Waals surface area contributed by atoms with Crippen LogP contribution in [0.15, 0.2) is 24.8 Å². The molecule has 0 atom stereocenters. The largest absolute Gasteiger partial charge is 0.423 e. The van der Waals surface area contributed by atoms with E-state index in [2.05, 4.69) is 53.6 Å². The quantitative estimate of drug-likeness (QED) is 0.0535. The Kier molecular flexibility index (Phi) is 16.8. The van der Waals surface area contributed by atoms with Gasteiger partial charge in [-0.05, 0) is 52.0 Å². The molecule has 0 aliphatic carbocycles. The van der Waals surface area contributed by atoms with Gasteiger partial charge in [-0.2, -0.15) is 0 Å². The van der Waals surface area contributed by atoms with E-state index in [4.69, 9.17) is 4.74 Å². The van der Waals surface area contributed by atoms with Crippen molar-refractivity contribution in [3.8, 4) is 5.75 Å². The standard InChI is InChI=1S/C34H60NO3/c1-8-10-11-12-13-14-15-16-17-18-19-20-21-22-27-35(6,7)34(4,5)31-26-25-29(3)33(38-32(37)9-2)30(31)24-23-28-36/h9,25-26,36H,2,8,10-24,27-28H2,1,3-7H3/q+1. The summed E-state index contributed by atoms with van der Waals surface area (Å²) in [5.41, 5.74) is 2.99. The average Bonchev–Trinajstić information content (AvgIpc) is 2.88. The smallest absolute Gasteiger partial charge is 0.335 e. The van der Waals surface area contributed by atoms with Crippen molar-refractivity contribution in [1.82, 2.24) is 0 Å². The molecular formula is C34H60NO3+. The molecular weight excluding hydrogens is 470 g/mol. The lowest BCUT2D eigenvalue weighted by molar-refractivity contribution is -0.945. The van der Waals surface area contributed by atoms with Crippen molar-refractivity contribution in [3.05, 3.63) is 41.5 Å². The van der Waals surface area contributed by atoms with Gasteiger partial charge in [0.1, 0.15) is 11.3 Å². The van der Waals surface area contributed by atoms with Crippen LogP contribution in [0.1, 0.15) is 134 Å². The van der Waals surface area contributed by atoms with Crippen LogP contribution < -0.4 is 4.74 Å². The molecule has 0 radical (unpaired) electrons. The van der Waals surface area contributed by atoms with E-state index in [1.165, 1.54) is 102 Å². The zero-order valence-electron chi connectivity index (χ0n) is 25.9. The van der Waals surface area contributed by atoms with E-state index in [0.29, 0.717) is 18.6 Å². The third kappa shape index (κ3) is 11.6. The minimum Gasteiger partial charge on any atom is -0.423 e. The lowest BCUT2D eigenvalue weighted by Crippen LogP contribution is -2.54. The molecule has 0 saturated carbocycles. The summed E-state index contributed by atoms with van der Waals surface area (Å²) in [6.07, 6.45) is 21.7. The molecule has 0 amide bonds. The summed E-state index contributed by atoms with van der Waals surface area (Å²) >= 11 is 0. The van der Waals surface area contributed by atoms with Crippen molar-refractivity contribution >= 4 is 5.97 Å². The first-order chi connectivity index (χ1) is 18.1. The molecule has 218 valence electrons. The SMILES string of the molecule is C=CC(=O)Oc1c(C)ccc(C(C)(C)[N+](C)(C)CCCCCCCCCCCCCCCC)c1CCCO. The van der Waals surface area contributed by atoms with Crippen LogP contribution in [-0.4, -0.2) is 42.8 Å². The predicted octanol–water partition coefficient (Wildman–Crippen LogP) is 8.80. The van der Waals surface area contributed by atoms with Crippen LogP contribution in [-0.2, 0) is 16.8 Å². The van der Waals surface area contributed by atoms with Crippen molar-refractivity contribution in [3.63, 3.8) is 0 Å². The molecule has 0 fully saturated rings. The van der Waals surface area contributed by atoms with Crippen LogP contribution in [0.2, 0.25) is 0 Å². The zero-order valence-corrected chi connectivity index (χ0v) is 25.9. The Morgan fingerprint density at radius 2 is 1.39 bits per heavy atom. The number of ether oxygens (including phenoxy) is 1. The summed E-state index contributed by atoms with van der Waals surface area (Å²) in [7, 11) is 4.63. The number of aliphatic hydroxyl groups is 1. The number of nitrogens with zero attached hydrogens (tertiary/aromatic N) is 1. The van der Waals surface area contributed by atoms with Gasteiger partial charge in [-0.1, -0.05) is 103 Å². The summed E-state index contributed by atoms with van der Waals surface area (Å²) in [4.78, 5) is 12.1. The van der Waals surface area contributed by atoms with Crippen LogP contribution in [0.25, 0.3) is 0 Å². The molecule has 0 bridgehead atoms. The molecule has 38 heavy (non-hydrogen) atoms. The second-order valence-corrected chi connectivity index (χ2v) is 12.3. The Morgan fingerprint density at radius 3 is 1.87 bits per heavy atom. The van der Waals surface area contributed by atoms with E-state index in [-0.39, 0.29) is 12.1 Å². The van der Waals surface area contributed by atoms with E-state index in [1.54, 1.807) is 0 Å². The maximum atomic E-state index is 12.1. The summed E-state index contributed by atoms with van der Waals surface area (Å²) in [5, 5.41) is 9.54. The number of carbonyl (C=O) groups is 1. The summed E-state index contributed by atoms with van der Waals surface area (Å²) < 4.78 is 6.57. The number of aryl methyl sites for hydroxylation is 1. The van der Waals surface area contributed by atoms with Gasteiger partial charge in [0.05, 0.1) is 20.6 Å². The lowest BCUT2D eigenvalue weighted by Gasteiger charge is -2.46. The molecule has 0 heterocycles.